The highest BCUT2D eigenvalue weighted by Gasteiger charge is 2.30. The van der Waals surface area contributed by atoms with E-state index in [1.165, 1.54) is 31.4 Å². The number of carbonyl (C=O) groups excluding carboxylic acids is 1. The molecule has 2 aromatic rings. The van der Waals surface area contributed by atoms with Crippen molar-refractivity contribution in [2.24, 2.45) is 0 Å². The van der Waals surface area contributed by atoms with E-state index in [-0.39, 0.29) is 23.5 Å². The Kier molecular flexibility index (Phi) is 4.88. The minimum Gasteiger partial charge on any atom is -0.494 e. The summed E-state index contributed by atoms with van der Waals surface area (Å²) in [6.07, 6.45) is -4.46. The van der Waals surface area contributed by atoms with Crippen molar-refractivity contribution in [1.82, 2.24) is 0 Å². The Morgan fingerprint density at radius 2 is 1.91 bits per heavy atom. The Balaban J connectivity index is 2.06. The van der Waals surface area contributed by atoms with E-state index in [1.807, 2.05) is 0 Å². The Labute approximate surface area is 129 Å². The molecule has 3 nitrogen and oxygen atoms in total. The maximum Gasteiger partial charge on any atom is 0.416 e. The van der Waals surface area contributed by atoms with Crippen LogP contribution in [0, 0.1) is 5.82 Å². The zero-order valence-corrected chi connectivity index (χ0v) is 12.1. The minimum absolute atomic E-state index is 0.00684. The maximum absolute atomic E-state index is 13.5. The molecule has 0 amide bonds. The first-order valence-corrected chi connectivity index (χ1v) is 6.59. The predicted molar refractivity (Wildman–Crippen MR) is 77.2 cm³/mol. The molecule has 0 saturated heterocycles. The molecule has 0 atom stereocenters. The Morgan fingerprint density at radius 1 is 1.17 bits per heavy atom. The summed E-state index contributed by atoms with van der Waals surface area (Å²) in [7, 11) is 1.30. The van der Waals surface area contributed by atoms with Gasteiger partial charge in [-0.15, -0.1) is 0 Å². The molecule has 23 heavy (non-hydrogen) atoms. The van der Waals surface area contributed by atoms with Crippen LogP contribution in [0.3, 0.4) is 0 Å². The molecule has 0 saturated carbocycles. The van der Waals surface area contributed by atoms with Crippen LogP contribution in [0.25, 0.3) is 0 Å². The Hall–Kier alpha value is -2.57. The van der Waals surface area contributed by atoms with Gasteiger partial charge in [0.15, 0.2) is 17.3 Å². The van der Waals surface area contributed by atoms with Gasteiger partial charge in [-0.1, -0.05) is 6.07 Å². The fraction of sp³-hybridized carbons (Fsp3) is 0.188. The number of rotatable bonds is 5. The lowest BCUT2D eigenvalue weighted by atomic mass is 10.1. The second-order valence-electron chi connectivity index (χ2n) is 4.70. The van der Waals surface area contributed by atoms with Gasteiger partial charge in [0.2, 0.25) is 0 Å². The molecule has 122 valence electrons. The van der Waals surface area contributed by atoms with Crippen LogP contribution in [0.15, 0.2) is 42.5 Å². The third kappa shape index (κ3) is 4.21. The van der Waals surface area contributed by atoms with E-state index in [0.29, 0.717) is 0 Å². The van der Waals surface area contributed by atoms with Gasteiger partial charge in [-0.2, -0.15) is 13.2 Å². The van der Waals surface area contributed by atoms with Crippen molar-refractivity contribution >= 4 is 11.5 Å². The number of anilines is 1. The monoisotopic (exact) mass is 327 g/mol. The Bertz CT molecular complexity index is 713. The standard InChI is InChI=1S/C16H13F4NO2/c1-23-15-6-5-10(7-13(15)17)14(22)9-21-12-4-2-3-11(8-12)16(18,19)20/h2-8,21H,9H2,1H3. The van der Waals surface area contributed by atoms with E-state index in [1.54, 1.807) is 0 Å². The highest BCUT2D eigenvalue weighted by atomic mass is 19.4. The van der Waals surface area contributed by atoms with E-state index >= 15 is 0 Å². The lowest BCUT2D eigenvalue weighted by molar-refractivity contribution is -0.137. The Morgan fingerprint density at radius 3 is 2.52 bits per heavy atom. The van der Waals surface area contributed by atoms with E-state index in [9.17, 15) is 22.4 Å². The number of methoxy groups -OCH3 is 1. The summed E-state index contributed by atoms with van der Waals surface area (Å²) in [4.78, 5) is 12.0. The summed E-state index contributed by atoms with van der Waals surface area (Å²) in [6.45, 7) is -0.257. The van der Waals surface area contributed by atoms with Gasteiger partial charge in [0.05, 0.1) is 19.2 Å². The van der Waals surface area contributed by atoms with E-state index in [4.69, 9.17) is 4.74 Å². The van der Waals surface area contributed by atoms with E-state index < -0.39 is 23.3 Å². The van der Waals surface area contributed by atoms with Gasteiger partial charge >= 0.3 is 6.18 Å². The molecule has 2 rings (SSSR count). The number of hydrogen-bond acceptors (Lipinski definition) is 3. The molecule has 0 unspecified atom stereocenters. The summed E-state index contributed by atoms with van der Waals surface area (Å²) in [6, 6.07) is 8.22. The van der Waals surface area contributed by atoms with Crippen LogP contribution in [-0.2, 0) is 6.18 Å². The minimum atomic E-state index is -4.46. The van der Waals surface area contributed by atoms with Crippen LogP contribution >= 0.6 is 0 Å². The third-order valence-electron chi connectivity index (χ3n) is 3.12. The van der Waals surface area contributed by atoms with Crippen molar-refractivity contribution < 1.29 is 27.1 Å². The van der Waals surface area contributed by atoms with Crippen LogP contribution in [0.4, 0.5) is 23.2 Å². The highest BCUT2D eigenvalue weighted by molar-refractivity contribution is 5.99. The molecule has 0 spiro atoms. The second-order valence-corrected chi connectivity index (χ2v) is 4.70. The summed E-state index contributed by atoms with van der Waals surface area (Å²) in [5.41, 5.74) is -0.560. The number of alkyl halides is 3. The molecule has 0 heterocycles. The summed E-state index contributed by atoms with van der Waals surface area (Å²) >= 11 is 0. The number of carbonyl (C=O) groups is 1. The molecule has 0 aliphatic rings. The first kappa shape index (κ1) is 16.8. The van der Waals surface area contributed by atoms with Crippen LogP contribution in [-0.4, -0.2) is 19.4 Å². The van der Waals surface area contributed by atoms with Crippen LogP contribution in [0.2, 0.25) is 0 Å². The number of Topliss-reactive ketones (excluding diaryl/α,β-unsaturated/α-hetero) is 1. The second kappa shape index (κ2) is 6.68. The summed E-state index contributed by atoms with van der Waals surface area (Å²) in [5, 5.41) is 2.60. The lowest BCUT2D eigenvalue weighted by Crippen LogP contribution is -2.15. The zero-order chi connectivity index (χ0) is 17.0. The first-order chi connectivity index (χ1) is 10.8. The number of ether oxygens (including phenoxy) is 1. The molecule has 1 N–H and O–H groups in total. The molecule has 0 bridgehead atoms. The quantitative estimate of drug-likeness (QED) is 0.662. The van der Waals surface area contributed by atoms with Gasteiger partial charge in [0, 0.05) is 11.3 Å². The smallest absolute Gasteiger partial charge is 0.416 e. The van der Waals surface area contributed by atoms with Crippen LogP contribution < -0.4 is 10.1 Å². The van der Waals surface area contributed by atoms with E-state index in [0.717, 1.165) is 18.2 Å². The SMILES string of the molecule is COc1ccc(C(=O)CNc2cccc(C(F)(F)F)c2)cc1F. The number of hydrogen-bond donors (Lipinski definition) is 1. The average Bonchev–Trinajstić information content (AvgIpc) is 2.52. The van der Waals surface area contributed by atoms with Crippen molar-refractivity contribution in [2.45, 2.75) is 6.18 Å². The van der Waals surface area contributed by atoms with Gasteiger partial charge in [-0.3, -0.25) is 4.79 Å². The fourth-order valence-electron chi connectivity index (χ4n) is 1.93. The van der Waals surface area contributed by atoms with E-state index in [2.05, 4.69) is 5.32 Å². The molecule has 0 aliphatic carbocycles. The van der Waals surface area contributed by atoms with Crippen molar-refractivity contribution in [3.8, 4) is 5.75 Å². The maximum atomic E-state index is 13.5. The summed E-state index contributed by atoms with van der Waals surface area (Å²) in [5.74, 6) is -1.13. The van der Waals surface area contributed by atoms with Crippen molar-refractivity contribution in [3.63, 3.8) is 0 Å². The molecule has 2 aromatic carbocycles. The normalized spacial score (nSPS) is 11.2. The molecule has 0 fully saturated rings. The van der Waals surface area contributed by atoms with Crippen molar-refractivity contribution in [2.75, 3.05) is 19.0 Å². The van der Waals surface area contributed by atoms with Crippen molar-refractivity contribution in [1.29, 1.82) is 0 Å². The largest absolute Gasteiger partial charge is 0.494 e. The van der Waals surface area contributed by atoms with Gasteiger partial charge in [0.25, 0.3) is 0 Å². The average molecular weight is 327 g/mol. The third-order valence-corrected chi connectivity index (χ3v) is 3.12. The molecule has 0 aromatic heterocycles. The zero-order valence-electron chi connectivity index (χ0n) is 12.1. The highest BCUT2D eigenvalue weighted by Crippen LogP contribution is 2.30. The fourth-order valence-corrected chi connectivity index (χ4v) is 1.93. The molecular weight excluding hydrogens is 314 g/mol. The molecule has 7 heteroatoms. The number of nitrogens with one attached hydrogen (secondary N) is 1. The number of ketones is 1. The topological polar surface area (TPSA) is 38.3 Å². The predicted octanol–water partition coefficient (Wildman–Crippen LogP) is 4.15. The molecular formula is C16H13F4NO2. The molecule has 0 radical (unpaired) electrons. The number of halogens is 4. The van der Waals surface area contributed by atoms with Crippen LogP contribution in [0.5, 0.6) is 5.75 Å². The van der Waals surface area contributed by atoms with Gasteiger partial charge in [-0.05, 0) is 36.4 Å². The number of benzene rings is 2. The summed E-state index contributed by atoms with van der Waals surface area (Å²) < 4.78 is 56.1. The first-order valence-electron chi connectivity index (χ1n) is 6.59. The molecule has 0 aliphatic heterocycles. The van der Waals surface area contributed by atoms with Crippen LogP contribution in [0.1, 0.15) is 15.9 Å². The van der Waals surface area contributed by atoms with Crippen molar-refractivity contribution in [3.05, 3.63) is 59.4 Å². The van der Waals surface area contributed by atoms with Gasteiger partial charge in [0.1, 0.15) is 0 Å². The van der Waals surface area contributed by atoms with Gasteiger partial charge in [-0.25, -0.2) is 4.39 Å². The lowest BCUT2D eigenvalue weighted by Gasteiger charge is -2.10. The van der Waals surface area contributed by atoms with Gasteiger partial charge < -0.3 is 10.1 Å².